The minimum atomic E-state index is -0.471. The average Bonchev–Trinajstić information content (AvgIpc) is 2.02. The van der Waals surface area contributed by atoms with Crippen molar-refractivity contribution in [2.75, 3.05) is 34.5 Å². The van der Waals surface area contributed by atoms with Crippen molar-refractivity contribution in [3.8, 4) is 0 Å². The van der Waals surface area contributed by atoms with E-state index in [0.29, 0.717) is 6.54 Å². The molecule has 0 aliphatic carbocycles. The molecule has 0 aliphatic heterocycles. The molecule has 4 heteroatoms. The van der Waals surface area contributed by atoms with Crippen LogP contribution in [0.1, 0.15) is 6.92 Å². The molecule has 0 aromatic rings. The van der Waals surface area contributed by atoms with E-state index in [-0.39, 0.29) is 16.4 Å². The van der Waals surface area contributed by atoms with Gasteiger partial charge in [0.2, 0.25) is 6.80 Å². The van der Waals surface area contributed by atoms with E-state index >= 15 is 0 Å². The van der Waals surface area contributed by atoms with Crippen LogP contribution in [0.25, 0.3) is 0 Å². The Morgan fingerprint density at radius 3 is 2.42 bits per heavy atom. The zero-order valence-corrected chi connectivity index (χ0v) is 8.13. The van der Waals surface area contributed by atoms with Crippen molar-refractivity contribution in [3.05, 3.63) is 0 Å². The van der Waals surface area contributed by atoms with Crippen molar-refractivity contribution in [2.45, 2.75) is 6.92 Å². The van der Waals surface area contributed by atoms with E-state index in [1.165, 1.54) is 7.11 Å². The SMILES string of the molecule is COC(=O)[C@H](C)C[N+](C)(C)CF. The Kier molecular flexibility index (Phi) is 4.17. The molecule has 0 radical (unpaired) electrons. The molecule has 0 spiro atoms. The minimum Gasteiger partial charge on any atom is -0.469 e. The van der Waals surface area contributed by atoms with Gasteiger partial charge in [0.25, 0.3) is 0 Å². The van der Waals surface area contributed by atoms with Gasteiger partial charge in [-0.05, 0) is 6.92 Å². The molecule has 0 N–H and O–H groups in total. The number of quaternary nitrogens is 1. The highest BCUT2D eigenvalue weighted by Gasteiger charge is 2.24. The number of hydrogen-bond acceptors (Lipinski definition) is 2. The lowest BCUT2D eigenvalue weighted by Crippen LogP contribution is -2.44. The highest BCUT2D eigenvalue weighted by atomic mass is 19.1. The van der Waals surface area contributed by atoms with E-state index in [0.717, 1.165) is 0 Å². The van der Waals surface area contributed by atoms with E-state index in [1.54, 1.807) is 21.0 Å². The minimum absolute atomic E-state index is 0.191. The fourth-order valence-electron chi connectivity index (χ4n) is 1.07. The van der Waals surface area contributed by atoms with Crippen LogP contribution in [0.3, 0.4) is 0 Å². The Balaban J connectivity index is 3.99. The van der Waals surface area contributed by atoms with Crippen LogP contribution in [0.4, 0.5) is 4.39 Å². The Hall–Kier alpha value is -0.640. The summed E-state index contributed by atoms with van der Waals surface area (Å²) < 4.78 is 17.0. The molecule has 0 saturated heterocycles. The smallest absolute Gasteiger partial charge is 0.314 e. The Morgan fingerprint density at radius 1 is 1.58 bits per heavy atom. The molecular formula is C8H17FNO2+. The molecule has 72 valence electrons. The fourth-order valence-corrected chi connectivity index (χ4v) is 1.07. The second-order valence-corrected chi connectivity index (χ2v) is 3.66. The number of carbonyl (C=O) groups is 1. The zero-order chi connectivity index (χ0) is 9.78. The van der Waals surface area contributed by atoms with Gasteiger partial charge in [0.1, 0.15) is 5.92 Å². The molecule has 0 aromatic carbocycles. The summed E-state index contributed by atoms with van der Waals surface area (Å²) in [5.74, 6) is -0.532. The lowest BCUT2D eigenvalue weighted by Gasteiger charge is -2.27. The number of rotatable bonds is 4. The zero-order valence-electron chi connectivity index (χ0n) is 8.13. The Labute approximate surface area is 72.7 Å². The first-order chi connectivity index (χ1) is 5.43. The second kappa shape index (κ2) is 4.40. The molecule has 0 bridgehead atoms. The van der Waals surface area contributed by atoms with Gasteiger partial charge in [0, 0.05) is 0 Å². The van der Waals surface area contributed by atoms with Gasteiger partial charge in [-0.15, -0.1) is 0 Å². The first-order valence-electron chi connectivity index (χ1n) is 3.88. The quantitative estimate of drug-likeness (QED) is 0.361. The molecule has 0 aromatic heterocycles. The first kappa shape index (κ1) is 11.4. The van der Waals surface area contributed by atoms with Crippen LogP contribution >= 0.6 is 0 Å². The van der Waals surface area contributed by atoms with Gasteiger partial charge in [-0.2, -0.15) is 4.39 Å². The molecule has 0 amide bonds. The summed E-state index contributed by atoms with van der Waals surface area (Å²) in [5.41, 5.74) is 0. The third kappa shape index (κ3) is 3.67. The van der Waals surface area contributed by atoms with Crippen molar-refractivity contribution < 1.29 is 18.4 Å². The van der Waals surface area contributed by atoms with Gasteiger partial charge in [-0.3, -0.25) is 4.79 Å². The molecular weight excluding hydrogens is 161 g/mol. The number of nitrogens with zero attached hydrogens (tertiary/aromatic N) is 1. The van der Waals surface area contributed by atoms with Crippen LogP contribution < -0.4 is 0 Å². The Bertz CT molecular complexity index is 159. The summed E-state index contributed by atoms with van der Waals surface area (Å²) in [6, 6.07) is 0. The number of alkyl halides is 1. The van der Waals surface area contributed by atoms with Crippen LogP contribution in [-0.2, 0) is 9.53 Å². The summed E-state index contributed by atoms with van der Waals surface area (Å²) in [6.07, 6.45) is 0. The number of methoxy groups -OCH3 is 1. The summed E-state index contributed by atoms with van der Waals surface area (Å²) in [7, 11) is 4.81. The summed E-state index contributed by atoms with van der Waals surface area (Å²) in [6.45, 7) is 1.73. The molecule has 1 atom stereocenters. The molecule has 0 heterocycles. The van der Waals surface area contributed by atoms with Crippen LogP contribution in [0.2, 0.25) is 0 Å². The summed E-state index contributed by atoms with van der Waals surface area (Å²) in [5, 5.41) is 0. The van der Waals surface area contributed by atoms with Crippen LogP contribution in [-0.4, -0.2) is 45.0 Å². The molecule has 0 fully saturated rings. The molecule has 0 aliphatic rings. The van der Waals surface area contributed by atoms with Gasteiger partial charge in [0.15, 0.2) is 0 Å². The third-order valence-electron chi connectivity index (χ3n) is 1.70. The molecule has 0 rings (SSSR count). The van der Waals surface area contributed by atoms with E-state index < -0.39 is 6.80 Å². The van der Waals surface area contributed by atoms with Gasteiger partial charge in [-0.1, -0.05) is 0 Å². The average molecular weight is 178 g/mol. The van der Waals surface area contributed by atoms with E-state index in [9.17, 15) is 9.18 Å². The number of esters is 1. The van der Waals surface area contributed by atoms with Crippen LogP contribution in [0.5, 0.6) is 0 Å². The standard InChI is InChI=1S/C8H17FNO2/c1-7(8(11)12-4)5-10(2,3)6-9/h7H,5-6H2,1-4H3/q+1/t7-/m1/s1. The van der Waals surface area contributed by atoms with Gasteiger partial charge >= 0.3 is 5.97 Å². The molecule has 3 nitrogen and oxygen atoms in total. The maximum Gasteiger partial charge on any atom is 0.314 e. The highest BCUT2D eigenvalue weighted by molar-refractivity contribution is 5.71. The lowest BCUT2D eigenvalue weighted by molar-refractivity contribution is -0.904. The maximum atomic E-state index is 12.3. The maximum absolute atomic E-state index is 12.3. The molecule has 0 saturated carbocycles. The van der Waals surface area contributed by atoms with Gasteiger partial charge < -0.3 is 9.22 Å². The summed E-state index contributed by atoms with van der Waals surface area (Å²) >= 11 is 0. The van der Waals surface area contributed by atoms with E-state index in [2.05, 4.69) is 4.74 Å². The number of ether oxygens (including phenoxy) is 1. The van der Waals surface area contributed by atoms with Gasteiger partial charge in [0.05, 0.1) is 27.7 Å². The fraction of sp³-hybridized carbons (Fsp3) is 0.875. The molecule has 0 unspecified atom stereocenters. The lowest BCUT2D eigenvalue weighted by atomic mass is 10.1. The highest BCUT2D eigenvalue weighted by Crippen LogP contribution is 2.06. The van der Waals surface area contributed by atoms with Crippen molar-refractivity contribution >= 4 is 5.97 Å². The van der Waals surface area contributed by atoms with Crippen molar-refractivity contribution in [3.63, 3.8) is 0 Å². The number of hydrogen-bond donors (Lipinski definition) is 0. The van der Waals surface area contributed by atoms with Crippen LogP contribution in [0.15, 0.2) is 0 Å². The van der Waals surface area contributed by atoms with Crippen molar-refractivity contribution in [2.24, 2.45) is 5.92 Å². The topological polar surface area (TPSA) is 26.3 Å². The van der Waals surface area contributed by atoms with E-state index in [4.69, 9.17) is 0 Å². The normalized spacial score (nSPS) is 14.1. The molecule has 12 heavy (non-hydrogen) atoms. The first-order valence-corrected chi connectivity index (χ1v) is 3.88. The Morgan fingerprint density at radius 2 is 2.08 bits per heavy atom. The van der Waals surface area contributed by atoms with Crippen molar-refractivity contribution in [1.29, 1.82) is 0 Å². The monoisotopic (exact) mass is 178 g/mol. The third-order valence-corrected chi connectivity index (χ3v) is 1.70. The largest absolute Gasteiger partial charge is 0.469 e. The summed E-state index contributed by atoms with van der Waals surface area (Å²) in [4.78, 5) is 11.0. The van der Waals surface area contributed by atoms with E-state index in [1.807, 2.05) is 0 Å². The predicted molar refractivity (Wildman–Crippen MR) is 44.1 cm³/mol. The number of carbonyl (C=O) groups excluding carboxylic acids is 1. The van der Waals surface area contributed by atoms with Gasteiger partial charge in [-0.25, -0.2) is 0 Å². The van der Waals surface area contributed by atoms with Crippen molar-refractivity contribution in [1.82, 2.24) is 0 Å². The predicted octanol–water partition coefficient (Wildman–Crippen LogP) is 0.799. The van der Waals surface area contributed by atoms with Crippen LogP contribution in [0, 0.1) is 5.92 Å². The second-order valence-electron chi connectivity index (χ2n) is 3.66. The number of halogens is 1.